The SMILES string of the molecule is CC1CC(N)CCC1C(=O)NCC(F)(F)C(F)F. The second kappa shape index (κ2) is 5.86. The van der Waals surface area contributed by atoms with E-state index in [9.17, 15) is 22.4 Å². The molecule has 1 rings (SSSR count). The summed E-state index contributed by atoms with van der Waals surface area (Å²) in [4.78, 5) is 11.7. The van der Waals surface area contributed by atoms with Crippen LogP contribution in [0.25, 0.3) is 0 Å². The van der Waals surface area contributed by atoms with Gasteiger partial charge in [0.2, 0.25) is 5.91 Å². The van der Waals surface area contributed by atoms with E-state index in [1.807, 2.05) is 12.2 Å². The zero-order valence-electron chi connectivity index (χ0n) is 10.1. The fraction of sp³-hybridized carbons (Fsp3) is 0.909. The van der Waals surface area contributed by atoms with E-state index in [0.717, 1.165) is 0 Å². The van der Waals surface area contributed by atoms with Gasteiger partial charge in [0.1, 0.15) is 0 Å². The molecular formula is C11H18F4N2O. The van der Waals surface area contributed by atoms with E-state index in [4.69, 9.17) is 5.73 Å². The summed E-state index contributed by atoms with van der Waals surface area (Å²) in [5, 5.41) is 1.91. The van der Waals surface area contributed by atoms with Crippen molar-refractivity contribution in [3.8, 4) is 0 Å². The van der Waals surface area contributed by atoms with Crippen LogP contribution in [0.3, 0.4) is 0 Å². The Balaban J connectivity index is 2.46. The van der Waals surface area contributed by atoms with Gasteiger partial charge in [-0.15, -0.1) is 0 Å². The van der Waals surface area contributed by atoms with Gasteiger partial charge in [0, 0.05) is 12.0 Å². The highest BCUT2D eigenvalue weighted by Crippen LogP contribution is 2.29. The minimum Gasteiger partial charge on any atom is -0.350 e. The number of halogens is 4. The molecular weight excluding hydrogens is 252 g/mol. The van der Waals surface area contributed by atoms with Crippen molar-refractivity contribution in [1.82, 2.24) is 5.32 Å². The van der Waals surface area contributed by atoms with Gasteiger partial charge < -0.3 is 11.1 Å². The molecule has 0 aromatic heterocycles. The zero-order chi connectivity index (χ0) is 13.9. The summed E-state index contributed by atoms with van der Waals surface area (Å²) in [6, 6.07) is 0.0200. The fourth-order valence-electron chi connectivity index (χ4n) is 2.24. The molecule has 3 nitrogen and oxygen atoms in total. The molecule has 3 unspecified atom stereocenters. The van der Waals surface area contributed by atoms with Crippen LogP contribution < -0.4 is 11.1 Å². The summed E-state index contributed by atoms with van der Waals surface area (Å²) < 4.78 is 49.1. The van der Waals surface area contributed by atoms with E-state index < -0.39 is 30.7 Å². The second-order valence-electron chi connectivity index (χ2n) is 4.94. The van der Waals surface area contributed by atoms with Crippen LogP contribution in [0.1, 0.15) is 26.2 Å². The van der Waals surface area contributed by atoms with Crippen molar-refractivity contribution in [1.29, 1.82) is 0 Å². The van der Waals surface area contributed by atoms with E-state index in [2.05, 4.69) is 0 Å². The molecule has 106 valence electrons. The lowest BCUT2D eigenvalue weighted by Gasteiger charge is -2.31. The minimum atomic E-state index is -4.18. The van der Waals surface area contributed by atoms with Gasteiger partial charge in [-0.25, -0.2) is 8.78 Å². The predicted octanol–water partition coefficient (Wildman–Crippen LogP) is 1.77. The van der Waals surface area contributed by atoms with Crippen molar-refractivity contribution < 1.29 is 22.4 Å². The van der Waals surface area contributed by atoms with Gasteiger partial charge in [-0.2, -0.15) is 8.78 Å². The maximum Gasteiger partial charge on any atom is 0.324 e. The molecule has 0 aromatic carbocycles. The number of nitrogens with two attached hydrogens (primary N) is 1. The Morgan fingerprint density at radius 3 is 2.56 bits per heavy atom. The standard InChI is InChI=1S/C11H18F4N2O/c1-6-4-7(16)2-3-8(6)9(18)17-5-11(14,15)10(12)13/h6-8,10H,2-5,16H2,1H3,(H,17,18). The van der Waals surface area contributed by atoms with Crippen LogP contribution in [0.2, 0.25) is 0 Å². The van der Waals surface area contributed by atoms with Crippen LogP contribution in [0.15, 0.2) is 0 Å². The summed E-state index contributed by atoms with van der Waals surface area (Å²) >= 11 is 0. The molecule has 18 heavy (non-hydrogen) atoms. The van der Waals surface area contributed by atoms with Crippen LogP contribution in [-0.2, 0) is 4.79 Å². The van der Waals surface area contributed by atoms with E-state index in [1.165, 1.54) is 0 Å². The second-order valence-corrected chi connectivity index (χ2v) is 4.94. The number of carbonyl (C=O) groups is 1. The third-order valence-corrected chi connectivity index (χ3v) is 3.36. The first-order valence-electron chi connectivity index (χ1n) is 5.93. The third kappa shape index (κ3) is 3.83. The Hall–Kier alpha value is -0.850. The van der Waals surface area contributed by atoms with Gasteiger partial charge in [-0.3, -0.25) is 4.79 Å². The smallest absolute Gasteiger partial charge is 0.324 e. The lowest BCUT2D eigenvalue weighted by atomic mass is 9.78. The molecule has 0 saturated heterocycles. The number of amides is 1. The van der Waals surface area contributed by atoms with E-state index in [1.54, 1.807) is 0 Å². The average molecular weight is 270 g/mol. The predicted molar refractivity (Wildman–Crippen MR) is 58.4 cm³/mol. The maximum atomic E-state index is 12.6. The summed E-state index contributed by atoms with van der Waals surface area (Å²) in [6.45, 7) is 0.493. The molecule has 7 heteroatoms. The number of rotatable bonds is 4. The summed E-state index contributed by atoms with van der Waals surface area (Å²) in [6.07, 6.45) is -1.97. The Morgan fingerprint density at radius 2 is 2.06 bits per heavy atom. The van der Waals surface area contributed by atoms with Gasteiger partial charge in [0.05, 0.1) is 6.54 Å². The maximum absolute atomic E-state index is 12.6. The fourth-order valence-corrected chi connectivity index (χ4v) is 2.24. The third-order valence-electron chi connectivity index (χ3n) is 3.36. The van der Waals surface area contributed by atoms with Gasteiger partial charge in [-0.05, 0) is 25.2 Å². The van der Waals surface area contributed by atoms with Crippen molar-refractivity contribution in [3.63, 3.8) is 0 Å². The minimum absolute atomic E-state index is 0.0195. The molecule has 0 bridgehead atoms. The summed E-state index contributed by atoms with van der Waals surface area (Å²) in [5.41, 5.74) is 5.72. The zero-order valence-corrected chi connectivity index (χ0v) is 10.1. The molecule has 0 spiro atoms. The van der Waals surface area contributed by atoms with Crippen LogP contribution in [0.5, 0.6) is 0 Å². The first-order chi connectivity index (χ1) is 8.24. The molecule has 0 heterocycles. The first-order valence-corrected chi connectivity index (χ1v) is 5.93. The summed E-state index contributed by atoms with van der Waals surface area (Å²) in [5.74, 6) is -5.20. The molecule has 1 fully saturated rings. The molecule has 1 aliphatic rings. The van der Waals surface area contributed by atoms with Crippen molar-refractivity contribution in [2.75, 3.05) is 6.54 Å². The van der Waals surface area contributed by atoms with E-state index in [0.29, 0.717) is 19.3 Å². The van der Waals surface area contributed by atoms with Crippen molar-refractivity contribution in [2.45, 2.75) is 44.6 Å². The average Bonchev–Trinajstić information content (AvgIpc) is 2.25. The molecule has 0 aliphatic heterocycles. The highest BCUT2D eigenvalue weighted by Gasteiger charge is 2.41. The summed E-state index contributed by atoms with van der Waals surface area (Å²) in [7, 11) is 0. The molecule has 3 N–H and O–H groups in total. The number of carbonyl (C=O) groups excluding carboxylic acids is 1. The Morgan fingerprint density at radius 1 is 1.44 bits per heavy atom. The molecule has 1 aliphatic carbocycles. The molecule has 1 saturated carbocycles. The van der Waals surface area contributed by atoms with Gasteiger partial charge in [0.15, 0.2) is 0 Å². The molecule has 0 radical (unpaired) electrons. The largest absolute Gasteiger partial charge is 0.350 e. The van der Waals surface area contributed by atoms with Gasteiger partial charge >= 0.3 is 12.3 Å². The monoisotopic (exact) mass is 270 g/mol. The van der Waals surface area contributed by atoms with Gasteiger partial charge in [-0.1, -0.05) is 6.92 Å². The number of hydrogen-bond acceptors (Lipinski definition) is 2. The number of nitrogens with one attached hydrogen (secondary N) is 1. The molecule has 1 amide bonds. The molecule has 0 aromatic rings. The van der Waals surface area contributed by atoms with E-state index >= 15 is 0 Å². The number of hydrogen-bond donors (Lipinski definition) is 2. The first kappa shape index (κ1) is 15.2. The van der Waals surface area contributed by atoms with E-state index in [-0.39, 0.29) is 12.0 Å². The quantitative estimate of drug-likeness (QED) is 0.765. The Kier molecular flexibility index (Phi) is 4.95. The van der Waals surface area contributed by atoms with Crippen LogP contribution in [-0.4, -0.2) is 30.8 Å². The van der Waals surface area contributed by atoms with Crippen molar-refractivity contribution in [2.24, 2.45) is 17.6 Å². The lowest BCUT2D eigenvalue weighted by Crippen LogP contribution is -2.46. The van der Waals surface area contributed by atoms with Crippen LogP contribution in [0.4, 0.5) is 17.6 Å². The Bertz CT molecular complexity index is 299. The normalized spacial score (nSPS) is 29.4. The highest BCUT2D eigenvalue weighted by atomic mass is 19.3. The lowest BCUT2D eigenvalue weighted by molar-refractivity contribution is -0.140. The highest BCUT2D eigenvalue weighted by molar-refractivity contribution is 5.79. The van der Waals surface area contributed by atoms with Crippen molar-refractivity contribution in [3.05, 3.63) is 0 Å². The van der Waals surface area contributed by atoms with Crippen molar-refractivity contribution >= 4 is 5.91 Å². The molecule has 3 atom stereocenters. The van der Waals surface area contributed by atoms with Crippen LogP contribution in [0, 0.1) is 11.8 Å². The number of alkyl halides is 4. The van der Waals surface area contributed by atoms with Gasteiger partial charge in [0.25, 0.3) is 0 Å². The topological polar surface area (TPSA) is 55.1 Å². The van der Waals surface area contributed by atoms with Crippen LogP contribution >= 0.6 is 0 Å². The Labute approximate surface area is 103 Å².